The minimum absolute atomic E-state index is 0.0623. The van der Waals surface area contributed by atoms with Crippen LogP contribution in [0.3, 0.4) is 0 Å². The zero-order valence-electron chi connectivity index (χ0n) is 23.9. The predicted molar refractivity (Wildman–Crippen MR) is 160 cm³/mol. The smallest absolute Gasteiger partial charge is 0.0540 e. The standard InChI is InChI=1S/C34H62O/c1-3-5-7-9-11-13-15-17-18-19-21-23-25-27-29-31-33-34(35)32-30-28-26-24-22-20-16-14-12-10-8-6-4-2/h6,8,11-14,17-18,34-35H,3-5,7,9-10,15-16,19-33H2,1-2H3. The van der Waals surface area contributed by atoms with Gasteiger partial charge >= 0.3 is 0 Å². The molecule has 0 rings (SSSR count). The number of aliphatic hydroxyl groups excluding tert-OH is 1. The SMILES string of the molecule is CCC=CCC=CCCCCCCCCC(O)CCCCCCCCC=CCC=CCCCCC. The number of unbranched alkanes of at least 4 members (excludes halogenated alkanes) is 15. The summed E-state index contributed by atoms with van der Waals surface area (Å²) >= 11 is 0. The zero-order chi connectivity index (χ0) is 25.5. The molecule has 0 bridgehead atoms. The molecule has 1 heteroatoms. The van der Waals surface area contributed by atoms with E-state index in [2.05, 4.69) is 62.5 Å². The summed E-state index contributed by atoms with van der Waals surface area (Å²) < 4.78 is 0. The fourth-order valence-corrected chi connectivity index (χ4v) is 4.42. The highest BCUT2D eigenvalue weighted by Crippen LogP contribution is 2.15. The van der Waals surface area contributed by atoms with E-state index < -0.39 is 0 Å². The second-order valence-corrected chi connectivity index (χ2v) is 10.3. The summed E-state index contributed by atoms with van der Waals surface area (Å²) in [4.78, 5) is 0. The Morgan fingerprint density at radius 1 is 0.429 bits per heavy atom. The van der Waals surface area contributed by atoms with Crippen molar-refractivity contribution in [2.24, 2.45) is 0 Å². The maximum atomic E-state index is 10.2. The molecule has 1 N–H and O–H groups in total. The molecule has 0 aromatic heterocycles. The lowest BCUT2D eigenvalue weighted by Gasteiger charge is -2.10. The van der Waals surface area contributed by atoms with E-state index in [1.54, 1.807) is 0 Å². The van der Waals surface area contributed by atoms with E-state index in [0.29, 0.717) is 0 Å². The highest BCUT2D eigenvalue weighted by atomic mass is 16.3. The third-order valence-corrected chi connectivity index (χ3v) is 6.74. The fourth-order valence-electron chi connectivity index (χ4n) is 4.42. The summed E-state index contributed by atoms with van der Waals surface area (Å²) in [5.74, 6) is 0. The Morgan fingerprint density at radius 2 is 0.800 bits per heavy atom. The first-order valence-electron chi connectivity index (χ1n) is 15.6. The molecular formula is C34H62O. The zero-order valence-corrected chi connectivity index (χ0v) is 23.9. The van der Waals surface area contributed by atoms with E-state index in [1.165, 1.54) is 116 Å². The molecule has 35 heavy (non-hydrogen) atoms. The quantitative estimate of drug-likeness (QED) is 0.0903. The van der Waals surface area contributed by atoms with Gasteiger partial charge in [-0.3, -0.25) is 0 Å². The molecule has 0 aliphatic rings. The van der Waals surface area contributed by atoms with Crippen LogP contribution in [0.15, 0.2) is 48.6 Å². The van der Waals surface area contributed by atoms with Crippen LogP contribution in [0.5, 0.6) is 0 Å². The first-order chi connectivity index (χ1) is 17.3. The van der Waals surface area contributed by atoms with Crippen molar-refractivity contribution in [3.05, 3.63) is 48.6 Å². The lowest BCUT2D eigenvalue weighted by atomic mass is 10.0. The van der Waals surface area contributed by atoms with Crippen molar-refractivity contribution in [2.75, 3.05) is 0 Å². The van der Waals surface area contributed by atoms with Crippen molar-refractivity contribution in [1.82, 2.24) is 0 Å². The first-order valence-corrected chi connectivity index (χ1v) is 15.6. The molecule has 0 aromatic carbocycles. The van der Waals surface area contributed by atoms with E-state index in [1.807, 2.05) is 0 Å². The normalized spacial score (nSPS) is 13.3. The Kier molecular flexibility index (Phi) is 30.0. The summed E-state index contributed by atoms with van der Waals surface area (Å²) in [7, 11) is 0. The Bertz CT molecular complexity index is 499. The third-order valence-electron chi connectivity index (χ3n) is 6.74. The highest BCUT2D eigenvalue weighted by Gasteiger charge is 2.03. The molecule has 0 saturated carbocycles. The van der Waals surface area contributed by atoms with Crippen LogP contribution in [-0.2, 0) is 0 Å². The van der Waals surface area contributed by atoms with E-state index in [4.69, 9.17) is 0 Å². The molecule has 0 aromatic rings. The van der Waals surface area contributed by atoms with Crippen molar-refractivity contribution in [3.63, 3.8) is 0 Å². The average Bonchev–Trinajstić information content (AvgIpc) is 2.86. The Hall–Kier alpha value is -1.08. The van der Waals surface area contributed by atoms with Gasteiger partial charge in [0.15, 0.2) is 0 Å². The maximum Gasteiger partial charge on any atom is 0.0540 e. The molecule has 1 unspecified atom stereocenters. The number of hydrogen-bond acceptors (Lipinski definition) is 1. The van der Waals surface area contributed by atoms with Crippen LogP contribution in [0.2, 0.25) is 0 Å². The molecule has 0 amide bonds. The summed E-state index contributed by atoms with van der Waals surface area (Å²) in [5, 5.41) is 10.2. The molecular weight excluding hydrogens is 424 g/mol. The van der Waals surface area contributed by atoms with Gasteiger partial charge in [0.1, 0.15) is 0 Å². The van der Waals surface area contributed by atoms with E-state index in [9.17, 15) is 5.11 Å². The minimum atomic E-state index is -0.0623. The van der Waals surface area contributed by atoms with Gasteiger partial charge in [0.25, 0.3) is 0 Å². The second-order valence-electron chi connectivity index (χ2n) is 10.3. The lowest BCUT2D eigenvalue weighted by Crippen LogP contribution is -2.05. The van der Waals surface area contributed by atoms with Crippen LogP contribution in [0.25, 0.3) is 0 Å². The van der Waals surface area contributed by atoms with Crippen LogP contribution >= 0.6 is 0 Å². The Balaban J connectivity index is 3.28. The van der Waals surface area contributed by atoms with Gasteiger partial charge in [-0.2, -0.15) is 0 Å². The minimum Gasteiger partial charge on any atom is -0.393 e. The molecule has 1 nitrogen and oxygen atoms in total. The molecule has 0 spiro atoms. The topological polar surface area (TPSA) is 20.2 Å². The van der Waals surface area contributed by atoms with Crippen molar-refractivity contribution in [2.45, 2.75) is 168 Å². The summed E-state index contributed by atoms with van der Waals surface area (Å²) in [5.41, 5.74) is 0. The number of rotatable bonds is 27. The molecule has 0 radical (unpaired) electrons. The molecule has 0 saturated heterocycles. The van der Waals surface area contributed by atoms with Crippen molar-refractivity contribution < 1.29 is 5.11 Å². The van der Waals surface area contributed by atoms with E-state index in [0.717, 1.165) is 32.1 Å². The highest BCUT2D eigenvalue weighted by molar-refractivity contribution is 4.93. The van der Waals surface area contributed by atoms with Crippen molar-refractivity contribution in [3.8, 4) is 0 Å². The van der Waals surface area contributed by atoms with E-state index in [-0.39, 0.29) is 6.10 Å². The summed E-state index contributed by atoms with van der Waals surface area (Å²) in [6, 6.07) is 0. The van der Waals surface area contributed by atoms with Crippen molar-refractivity contribution >= 4 is 0 Å². The van der Waals surface area contributed by atoms with Gasteiger partial charge in [-0.05, 0) is 70.6 Å². The molecule has 0 aliphatic carbocycles. The van der Waals surface area contributed by atoms with Gasteiger partial charge in [-0.1, -0.05) is 140 Å². The Morgan fingerprint density at radius 3 is 1.23 bits per heavy atom. The molecule has 204 valence electrons. The van der Waals surface area contributed by atoms with Gasteiger partial charge in [0.05, 0.1) is 6.10 Å². The van der Waals surface area contributed by atoms with Gasteiger partial charge in [0.2, 0.25) is 0 Å². The van der Waals surface area contributed by atoms with Crippen LogP contribution in [0, 0.1) is 0 Å². The monoisotopic (exact) mass is 486 g/mol. The molecule has 1 atom stereocenters. The van der Waals surface area contributed by atoms with Crippen molar-refractivity contribution in [1.29, 1.82) is 0 Å². The third kappa shape index (κ3) is 30.9. The van der Waals surface area contributed by atoms with E-state index >= 15 is 0 Å². The molecule has 0 heterocycles. The fraction of sp³-hybridized carbons (Fsp3) is 0.765. The van der Waals surface area contributed by atoms with Gasteiger partial charge in [0, 0.05) is 0 Å². The van der Waals surface area contributed by atoms with Crippen LogP contribution in [-0.4, -0.2) is 11.2 Å². The number of aliphatic hydroxyl groups is 1. The van der Waals surface area contributed by atoms with Crippen LogP contribution in [0.1, 0.15) is 162 Å². The maximum absolute atomic E-state index is 10.2. The predicted octanol–water partition coefficient (Wildman–Crippen LogP) is 11.6. The summed E-state index contributed by atoms with van der Waals surface area (Å²) in [6.07, 6.45) is 47.2. The first kappa shape index (κ1) is 33.9. The largest absolute Gasteiger partial charge is 0.393 e. The lowest BCUT2D eigenvalue weighted by molar-refractivity contribution is 0.147. The average molecular weight is 487 g/mol. The van der Waals surface area contributed by atoms with Crippen LogP contribution < -0.4 is 0 Å². The van der Waals surface area contributed by atoms with Gasteiger partial charge in [-0.15, -0.1) is 0 Å². The number of hydrogen-bond donors (Lipinski definition) is 1. The van der Waals surface area contributed by atoms with Crippen LogP contribution in [0.4, 0.5) is 0 Å². The second kappa shape index (κ2) is 31.0. The Labute approximate surface area is 221 Å². The molecule has 0 fully saturated rings. The van der Waals surface area contributed by atoms with Gasteiger partial charge < -0.3 is 5.11 Å². The number of allylic oxidation sites excluding steroid dienone is 8. The molecule has 0 aliphatic heterocycles. The van der Waals surface area contributed by atoms with Gasteiger partial charge in [-0.25, -0.2) is 0 Å². The summed E-state index contributed by atoms with van der Waals surface area (Å²) in [6.45, 7) is 4.44.